The molecule has 134 valence electrons. The molecule has 6 nitrogen and oxygen atoms in total. The minimum Gasteiger partial charge on any atom is -0.497 e. The van der Waals surface area contributed by atoms with E-state index in [0.717, 1.165) is 54.3 Å². The number of thioether (sulfide) groups is 1. The maximum absolute atomic E-state index is 12.4. The van der Waals surface area contributed by atoms with Crippen LogP contribution in [0.3, 0.4) is 0 Å². The normalized spacial score (nSPS) is 15.4. The van der Waals surface area contributed by atoms with Crippen molar-refractivity contribution in [1.29, 1.82) is 0 Å². The van der Waals surface area contributed by atoms with Gasteiger partial charge in [0.15, 0.2) is 5.16 Å². The van der Waals surface area contributed by atoms with Gasteiger partial charge in [-0.1, -0.05) is 18.7 Å². The monoisotopic (exact) mass is 360 g/mol. The predicted molar refractivity (Wildman–Crippen MR) is 98.4 cm³/mol. The molecule has 0 bridgehead atoms. The molecule has 0 unspecified atom stereocenters. The van der Waals surface area contributed by atoms with Crippen LogP contribution in [0.25, 0.3) is 5.69 Å². The molecule has 2 aromatic rings. The molecule has 3 rings (SSSR count). The van der Waals surface area contributed by atoms with Gasteiger partial charge in [0.1, 0.15) is 11.6 Å². The van der Waals surface area contributed by atoms with Crippen LogP contribution in [0.15, 0.2) is 29.4 Å². The number of likely N-dealkylation sites (tertiary alicyclic amines) is 1. The van der Waals surface area contributed by atoms with Gasteiger partial charge in [0, 0.05) is 18.8 Å². The Kier molecular flexibility index (Phi) is 5.63. The lowest BCUT2D eigenvalue weighted by molar-refractivity contribution is -0.129. The number of rotatable bonds is 5. The van der Waals surface area contributed by atoms with Crippen LogP contribution >= 0.6 is 11.8 Å². The Bertz CT molecular complexity index is 721. The number of hydrogen-bond acceptors (Lipinski definition) is 5. The van der Waals surface area contributed by atoms with Crippen molar-refractivity contribution in [3.05, 3.63) is 30.1 Å². The summed E-state index contributed by atoms with van der Waals surface area (Å²) in [6, 6.07) is 7.74. The second-order valence-corrected chi connectivity index (χ2v) is 7.36. The Hall–Kier alpha value is -2.02. The van der Waals surface area contributed by atoms with E-state index in [0.29, 0.717) is 5.75 Å². The van der Waals surface area contributed by atoms with Gasteiger partial charge < -0.3 is 9.64 Å². The summed E-state index contributed by atoms with van der Waals surface area (Å²) < 4.78 is 7.17. The van der Waals surface area contributed by atoms with Gasteiger partial charge in [-0.2, -0.15) is 0 Å². The van der Waals surface area contributed by atoms with Crippen LogP contribution in [0.5, 0.6) is 5.75 Å². The lowest BCUT2D eigenvalue weighted by Gasteiger charge is -2.30. The van der Waals surface area contributed by atoms with Crippen LogP contribution in [-0.2, 0) is 4.79 Å². The fraction of sp³-hybridized carbons (Fsp3) is 0.500. The highest BCUT2D eigenvalue weighted by atomic mass is 32.2. The van der Waals surface area contributed by atoms with E-state index in [-0.39, 0.29) is 5.91 Å². The van der Waals surface area contributed by atoms with Gasteiger partial charge in [0.05, 0.1) is 12.9 Å². The molecule has 0 aliphatic carbocycles. The number of hydrogen-bond donors (Lipinski definition) is 0. The highest BCUT2D eigenvalue weighted by Gasteiger charge is 2.21. The molecule has 1 aromatic heterocycles. The Morgan fingerprint density at radius 1 is 1.24 bits per heavy atom. The van der Waals surface area contributed by atoms with Gasteiger partial charge in [-0.25, -0.2) is 0 Å². The van der Waals surface area contributed by atoms with Gasteiger partial charge in [0.25, 0.3) is 0 Å². The Morgan fingerprint density at radius 2 is 1.92 bits per heavy atom. The minimum absolute atomic E-state index is 0.179. The van der Waals surface area contributed by atoms with E-state index in [1.165, 1.54) is 11.8 Å². The third-order valence-electron chi connectivity index (χ3n) is 4.59. The van der Waals surface area contributed by atoms with Crippen molar-refractivity contribution in [2.45, 2.75) is 31.8 Å². The average Bonchev–Trinajstić information content (AvgIpc) is 3.01. The zero-order valence-corrected chi connectivity index (χ0v) is 15.8. The van der Waals surface area contributed by atoms with Crippen molar-refractivity contribution in [3.63, 3.8) is 0 Å². The van der Waals surface area contributed by atoms with Gasteiger partial charge in [-0.15, -0.1) is 10.2 Å². The fourth-order valence-electron chi connectivity index (χ4n) is 2.94. The van der Waals surface area contributed by atoms with Gasteiger partial charge in [0.2, 0.25) is 5.91 Å². The molecule has 1 amide bonds. The van der Waals surface area contributed by atoms with Gasteiger partial charge in [-0.05, 0) is 49.9 Å². The van der Waals surface area contributed by atoms with E-state index in [4.69, 9.17) is 4.74 Å². The highest BCUT2D eigenvalue weighted by molar-refractivity contribution is 7.99. The molecule has 0 atom stereocenters. The van der Waals surface area contributed by atoms with E-state index >= 15 is 0 Å². The predicted octanol–water partition coefficient (Wildman–Crippen LogP) is 2.93. The van der Waals surface area contributed by atoms with Gasteiger partial charge >= 0.3 is 0 Å². The Labute approximate surface area is 152 Å². The van der Waals surface area contributed by atoms with Crippen LogP contribution in [-0.4, -0.2) is 51.5 Å². The second kappa shape index (κ2) is 7.91. The first kappa shape index (κ1) is 17.8. The molecular formula is C18H24N4O2S. The quantitative estimate of drug-likeness (QED) is 0.767. The van der Waals surface area contributed by atoms with Crippen molar-refractivity contribution in [3.8, 4) is 11.4 Å². The molecule has 25 heavy (non-hydrogen) atoms. The third kappa shape index (κ3) is 4.15. The standard InChI is InChI=1S/C18H24N4O2S/c1-13-8-10-21(11-9-13)17(23)12-25-18-20-19-14(2)22(18)15-4-6-16(24-3)7-5-15/h4-7,13H,8-12H2,1-3H3. The number of amides is 1. The minimum atomic E-state index is 0.179. The van der Waals surface area contributed by atoms with E-state index in [1.54, 1.807) is 7.11 Å². The third-order valence-corrected chi connectivity index (χ3v) is 5.50. The number of nitrogens with zero attached hydrogens (tertiary/aromatic N) is 4. The smallest absolute Gasteiger partial charge is 0.233 e. The molecule has 0 saturated carbocycles. The SMILES string of the molecule is COc1ccc(-n2c(C)nnc2SCC(=O)N2CCC(C)CC2)cc1. The van der Waals surface area contributed by atoms with Gasteiger partial charge in [-0.3, -0.25) is 9.36 Å². The van der Waals surface area contributed by atoms with Crippen LogP contribution in [0.2, 0.25) is 0 Å². The first-order chi connectivity index (χ1) is 12.1. The lowest BCUT2D eigenvalue weighted by Crippen LogP contribution is -2.38. The van der Waals surface area contributed by atoms with E-state index in [9.17, 15) is 4.79 Å². The number of methoxy groups -OCH3 is 1. The molecule has 1 aliphatic rings. The molecule has 7 heteroatoms. The van der Waals surface area contributed by atoms with Crippen molar-refractivity contribution in [2.75, 3.05) is 26.0 Å². The van der Waals surface area contributed by atoms with Crippen LogP contribution in [0.4, 0.5) is 0 Å². The van der Waals surface area contributed by atoms with Crippen LogP contribution in [0.1, 0.15) is 25.6 Å². The zero-order chi connectivity index (χ0) is 17.8. The summed E-state index contributed by atoms with van der Waals surface area (Å²) in [5.74, 6) is 2.89. The number of piperidine rings is 1. The van der Waals surface area contributed by atoms with Crippen molar-refractivity contribution < 1.29 is 9.53 Å². The molecule has 0 N–H and O–H groups in total. The molecular weight excluding hydrogens is 336 g/mol. The number of aromatic nitrogens is 3. The van der Waals surface area contributed by atoms with E-state index < -0.39 is 0 Å². The van der Waals surface area contributed by atoms with Crippen molar-refractivity contribution in [1.82, 2.24) is 19.7 Å². The molecule has 1 aliphatic heterocycles. The van der Waals surface area contributed by atoms with Crippen LogP contribution in [0, 0.1) is 12.8 Å². The van der Waals surface area contributed by atoms with Crippen molar-refractivity contribution in [2.24, 2.45) is 5.92 Å². The highest BCUT2D eigenvalue weighted by Crippen LogP contribution is 2.24. The first-order valence-electron chi connectivity index (χ1n) is 8.55. The molecule has 0 spiro atoms. The summed E-state index contributed by atoms with van der Waals surface area (Å²) in [6.45, 7) is 5.89. The zero-order valence-electron chi connectivity index (χ0n) is 14.9. The number of benzene rings is 1. The summed E-state index contributed by atoms with van der Waals surface area (Å²) in [6.07, 6.45) is 2.19. The van der Waals surface area contributed by atoms with Crippen molar-refractivity contribution >= 4 is 17.7 Å². The molecule has 0 radical (unpaired) electrons. The summed E-state index contributed by atoms with van der Waals surface area (Å²) >= 11 is 1.44. The summed E-state index contributed by atoms with van der Waals surface area (Å²) in [5, 5.41) is 9.15. The number of ether oxygens (including phenoxy) is 1. The summed E-state index contributed by atoms with van der Waals surface area (Å²) in [4.78, 5) is 14.4. The molecule has 1 saturated heterocycles. The Balaban J connectivity index is 1.68. The summed E-state index contributed by atoms with van der Waals surface area (Å²) in [5.41, 5.74) is 0.963. The Morgan fingerprint density at radius 3 is 2.56 bits per heavy atom. The molecule has 1 aromatic carbocycles. The molecule has 2 heterocycles. The lowest BCUT2D eigenvalue weighted by atomic mass is 9.99. The topological polar surface area (TPSA) is 60.2 Å². The first-order valence-corrected chi connectivity index (χ1v) is 9.54. The second-order valence-electron chi connectivity index (χ2n) is 6.42. The number of carbonyl (C=O) groups is 1. The van der Waals surface area contributed by atoms with E-state index in [1.807, 2.05) is 40.7 Å². The summed E-state index contributed by atoms with van der Waals surface area (Å²) in [7, 11) is 1.65. The maximum Gasteiger partial charge on any atom is 0.233 e. The largest absolute Gasteiger partial charge is 0.497 e. The number of aryl methyl sites for hydroxylation is 1. The number of carbonyl (C=O) groups excluding carboxylic acids is 1. The maximum atomic E-state index is 12.4. The van der Waals surface area contributed by atoms with E-state index in [2.05, 4.69) is 17.1 Å². The molecule has 1 fully saturated rings. The van der Waals surface area contributed by atoms with Crippen LogP contribution < -0.4 is 4.74 Å². The average molecular weight is 360 g/mol. The fourth-order valence-corrected chi connectivity index (χ4v) is 3.84.